The first-order valence-electron chi connectivity index (χ1n) is 4.00. The van der Waals surface area contributed by atoms with Crippen LogP contribution in [-0.2, 0) is 6.42 Å². The van der Waals surface area contributed by atoms with E-state index in [1.807, 2.05) is 12.1 Å². The van der Waals surface area contributed by atoms with Crippen LogP contribution in [-0.4, -0.2) is 4.98 Å². The fourth-order valence-electron chi connectivity index (χ4n) is 0.700. The van der Waals surface area contributed by atoms with E-state index in [1.165, 1.54) is 5.56 Å². The van der Waals surface area contributed by atoms with Crippen molar-refractivity contribution in [2.24, 2.45) is 0 Å². The van der Waals surface area contributed by atoms with E-state index in [0.29, 0.717) is 5.69 Å². The lowest BCUT2D eigenvalue weighted by Crippen LogP contribution is -1.84. The quantitative estimate of drug-likeness (QED) is 0.608. The summed E-state index contributed by atoms with van der Waals surface area (Å²) < 4.78 is 0. The summed E-state index contributed by atoms with van der Waals surface area (Å²) in [5, 5.41) is 8.39. The molecule has 0 saturated heterocycles. The zero-order valence-corrected chi connectivity index (χ0v) is 7.91. The lowest BCUT2D eigenvalue weighted by molar-refractivity contribution is 1.09. The molecule has 13 heavy (non-hydrogen) atoms. The van der Waals surface area contributed by atoms with E-state index in [0.717, 1.165) is 6.42 Å². The van der Waals surface area contributed by atoms with E-state index in [9.17, 15) is 0 Å². The molecule has 1 aromatic rings. The highest BCUT2D eigenvalue weighted by molar-refractivity contribution is 5.22. The lowest BCUT2D eigenvalue weighted by atomic mass is 10.2. The normalized spacial score (nSPS) is 7.38. The van der Waals surface area contributed by atoms with Gasteiger partial charge in [0.25, 0.3) is 0 Å². The molecule has 0 amide bonds. The molecule has 0 spiro atoms. The predicted molar refractivity (Wildman–Crippen MR) is 52.8 cm³/mol. The van der Waals surface area contributed by atoms with Gasteiger partial charge in [-0.25, -0.2) is 4.98 Å². The average molecular weight is 172 g/mol. The van der Waals surface area contributed by atoms with Gasteiger partial charge in [0, 0.05) is 6.20 Å². The van der Waals surface area contributed by atoms with Crippen LogP contribution in [0.4, 0.5) is 0 Å². The Labute approximate surface area is 79.2 Å². The number of hydrogen-bond acceptors (Lipinski definition) is 2. The molecule has 0 bridgehead atoms. The van der Waals surface area contributed by atoms with Gasteiger partial charge in [0.1, 0.15) is 11.8 Å². The Morgan fingerprint density at radius 1 is 1.54 bits per heavy atom. The highest BCUT2D eigenvalue weighted by atomic mass is 14.7. The molecule has 0 radical (unpaired) electrons. The molecule has 0 aliphatic rings. The molecule has 0 atom stereocenters. The molecule has 0 aromatic carbocycles. The Bertz CT molecular complexity index is 311. The Hall–Kier alpha value is -1.80. The fourth-order valence-corrected chi connectivity index (χ4v) is 0.700. The van der Waals surface area contributed by atoms with Crippen molar-refractivity contribution >= 4 is 0 Å². The molecule has 1 aromatic heterocycles. The zero-order chi connectivity index (χ0) is 10.1. The van der Waals surface area contributed by atoms with E-state index in [4.69, 9.17) is 5.26 Å². The predicted octanol–water partition coefficient (Wildman–Crippen LogP) is 2.16. The molecular formula is C11H12N2. The van der Waals surface area contributed by atoms with Gasteiger partial charge in [-0.15, -0.1) is 12.3 Å². The Balaban J connectivity index is 0.000000424. The molecule has 0 fully saturated rings. The van der Waals surface area contributed by atoms with Crippen LogP contribution in [0.15, 0.2) is 18.3 Å². The largest absolute Gasteiger partial charge is 0.245 e. The lowest BCUT2D eigenvalue weighted by Gasteiger charge is -1.92. The van der Waals surface area contributed by atoms with Gasteiger partial charge in [-0.2, -0.15) is 5.26 Å². The number of nitrogens with zero attached hydrogens (tertiary/aromatic N) is 2. The standard InChI is InChI=1S/C8H8N2.C3H4/c1-2-7-3-4-8(5-9)10-6-7;1-3-2/h3-4,6H,2H2,1H3;1H,2H3. The third kappa shape index (κ3) is 4.61. The number of rotatable bonds is 1. The van der Waals surface area contributed by atoms with E-state index in [-0.39, 0.29) is 0 Å². The van der Waals surface area contributed by atoms with Crippen LogP contribution in [0.1, 0.15) is 25.1 Å². The van der Waals surface area contributed by atoms with Crippen LogP contribution in [0, 0.1) is 23.7 Å². The summed E-state index contributed by atoms with van der Waals surface area (Å²) in [6.45, 7) is 3.71. The van der Waals surface area contributed by atoms with E-state index >= 15 is 0 Å². The van der Waals surface area contributed by atoms with Gasteiger partial charge >= 0.3 is 0 Å². The monoisotopic (exact) mass is 172 g/mol. The van der Waals surface area contributed by atoms with Crippen molar-refractivity contribution in [3.8, 4) is 18.4 Å². The van der Waals surface area contributed by atoms with Crippen molar-refractivity contribution in [1.29, 1.82) is 5.26 Å². The molecule has 0 aliphatic heterocycles. The van der Waals surface area contributed by atoms with Crippen LogP contribution >= 0.6 is 0 Å². The van der Waals surface area contributed by atoms with Crippen LogP contribution < -0.4 is 0 Å². The SMILES string of the molecule is C#CC.CCc1ccc(C#N)nc1. The number of aromatic nitrogens is 1. The molecule has 1 rings (SSSR count). The topological polar surface area (TPSA) is 36.7 Å². The van der Waals surface area contributed by atoms with Crippen molar-refractivity contribution in [2.75, 3.05) is 0 Å². The molecule has 2 heteroatoms. The minimum Gasteiger partial charge on any atom is -0.245 e. The van der Waals surface area contributed by atoms with Gasteiger partial charge in [0.2, 0.25) is 0 Å². The van der Waals surface area contributed by atoms with E-state index in [2.05, 4.69) is 24.3 Å². The van der Waals surface area contributed by atoms with Gasteiger partial charge < -0.3 is 0 Å². The third-order valence-corrected chi connectivity index (χ3v) is 1.35. The Morgan fingerprint density at radius 2 is 2.15 bits per heavy atom. The van der Waals surface area contributed by atoms with Gasteiger partial charge in [0.15, 0.2) is 0 Å². The summed E-state index contributed by atoms with van der Waals surface area (Å²) >= 11 is 0. The highest BCUT2D eigenvalue weighted by Crippen LogP contribution is 1.98. The van der Waals surface area contributed by atoms with Gasteiger partial charge in [0.05, 0.1) is 0 Å². The Kier molecular flexibility index (Phi) is 5.93. The van der Waals surface area contributed by atoms with Gasteiger partial charge in [-0.1, -0.05) is 13.0 Å². The smallest absolute Gasteiger partial charge is 0.140 e. The zero-order valence-electron chi connectivity index (χ0n) is 7.91. The van der Waals surface area contributed by atoms with Crippen molar-refractivity contribution in [3.63, 3.8) is 0 Å². The second kappa shape index (κ2) is 6.88. The first-order chi connectivity index (χ1) is 6.28. The first-order valence-corrected chi connectivity index (χ1v) is 4.00. The first kappa shape index (κ1) is 11.2. The van der Waals surface area contributed by atoms with Gasteiger partial charge in [-0.3, -0.25) is 0 Å². The van der Waals surface area contributed by atoms with Crippen LogP contribution in [0.3, 0.4) is 0 Å². The summed E-state index contributed by atoms with van der Waals surface area (Å²) in [4.78, 5) is 3.91. The molecule has 0 aliphatic carbocycles. The number of hydrogen-bond donors (Lipinski definition) is 0. The molecule has 0 N–H and O–H groups in total. The fraction of sp³-hybridized carbons (Fsp3) is 0.273. The van der Waals surface area contributed by atoms with E-state index < -0.39 is 0 Å². The number of pyridine rings is 1. The van der Waals surface area contributed by atoms with Crippen molar-refractivity contribution in [2.45, 2.75) is 20.3 Å². The average Bonchev–Trinajstić information content (AvgIpc) is 2.19. The maximum Gasteiger partial charge on any atom is 0.140 e. The highest BCUT2D eigenvalue weighted by Gasteiger charge is 1.90. The second-order valence-electron chi connectivity index (χ2n) is 2.31. The second-order valence-corrected chi connectivity index (χ2v) is 2.31. The molecule has 0 unspecified atom stereocenters. The number of nitriles is 1. The van der Waals surface area contributed by atoms with Crippen LogP contribution in [0.25, 0.3) is 0 Å². The molecule has 1 heterocycles. The van der Waals surface area contributed by atoms with Crippen LogP contribution in [0.5, 0.6) is 0 Å². The minimum absolute atomic E-state index is 0.484. The third-order valence-electron chi connectivity index (χ3n) is 1.35. The Morgan fingerprint density at radius 3 is 2.46 bits per heavy atom. The van der Waals surface area contributed by atoms with E-state index in [1.54, 1.807) is 19.2 Å². The summed E-state index contributed by atoms with van der Waals surface area (Å²) in [6.07, 6.45) is 7.30. The summed E-state index contributed by atoms with van der Waals surface area (Å²) in [6, 6.07) is 5.62. The maximum absolute atomic E-state index is 8.39. The summed E-state index contributed by atoms with van der Waals surface area (Å²) in [7, 11) is 0. The van der Waals surface area contributed by atoms with Crippen molar-refractivity contribution in [3.05, 3.63) is 29.6 Å². The summed E-state index contributed by atoms with van der Waals surface area (Å²) in [5.41, 5.74) is 1.65. The van der Waals surface area contributed by atoms with Gasteiger partial charge in [-0.05, 0) is 25.0 Å². The minimum atomic E-state index is 0.484. The molecule has 0 saturated carbocycles. The molecule has 2 nitrogen and oxygen atoms in total. The van der Waals surface area contributed by atoms with Crippen molar-refractivity contribution < 1.29 is 0 Å². The maximum atomic E-state index is 8.39. The van der Waals surface area contributed by atoms with Crippen LogP contribution in [0.2, 0.25) is 0 Å². The number of terminal acetylenes is 1. The molecular weight excluding hydrogens is 160 g/mol. The molecule has 66 valence electrons. The number of aryl methyl sites for hydroxylation is 1. The summed E-state index contributed by atoms with van der Waals surface area (Å²) in [5.74, 6) is 2.25. The van der Waals surface area contributed by atoms with Crippen molar-refractivity contribution in [1.82, 2.24) is 4.98 Å².